The molecule has 1 aromatic carbocycles. The number of halogens is 1. The van der Waals surface area contributed by atoms with E-state index >= 15 is 0 Å². The third-order valence-electron chi connectivity index (χ3n) is 4.09. The summed E-state index contributed by atoms with van der Waals surface area (Å²) in [5, 5.41) is 14.4. The van der Waals surface area contributed by atoms with E-state index in [-0.39, 0.29) is 5.25 Å². The van der Waals surface area contributed by atoms with Crippen molar-refractivity contribution in [1.29, 1.82) is 0 Å². The molecule has 0 amide bonds. The van der Waals surface area contributed by atoms with Gasteiger partial charge in [0.2, 0.25) is 0 Å². The molecule has 0 saturated heterocycles. The van der Waals surface area contributed by atoms with Gasteiger partial charge in [0.15, 0.2) is 0 Å². The minimum absolute atomic E-state index is 0.205. The van der Waals surface area contributed by atoms with Crippen LogP contribution in [0.1, 0.15) is 29.4 Å². The van der Waals surface area contributed by atoms with E-state index in [0.29, 0.717) is 23.6 Å². The molecule has 2 atom stereocenters. The highest BCUT2D eigenvalue weighted by atomic mass is 35.5. The van der Waals surface area contributed by atoms with E-state index in [4.69, 9.17) is 16.1 Å². The molecule has 2 aromatic rings. The second kappa shape index (κ2) is 6.34. The van der Waals surface area contributed by atoms with Crippen molar-refractivity contribution in [2.75, 3.05) is 6.26 Å². The Morgan fingerprint density at radius 2 is 2.09 bits per heavy atom. The zero-order valence-electron chi connectivity index (χ0n) is 12.1. The Morgan fingerprint density at radius 1 is 1.36 bits per heavy atom. The largest absolute Gasteiger partial charge is 0.481 e. The molecule has 2 unspecified atom stereocenters. The summed E-state index contributed by atoms with van der Waals surface area (Å²) in [7, 11) is 0. The van der Waals surface area contributed by atoms with Gasteiger partial charge in [-0.05, 0) is 31.2 Å². The Hall–Kier alpha value is -1.46. The lowest BCUT2D eigenvalue weighted by molar-refractivity contribution is -0.142. The maximum Gasteiger partial charge on any atom is 0.306 e. The maximum absolute atomic E-state index is 11.3. The van der Waals surface area contributed by atoms with Gasteiger partial charge in [0.1, 0.15) is 11.5 Å². The summed E-state index contributed by atoms with van der Waals surface area (Å²) in [6.07, 6.45) is 3.91. The molecule has 1 heterocycles. The van der Waals surface area contributed by atoms with Gasteiger partial charge in [0.25, 0.3) is 0 Å². The van der Waals surface area contributed by atoms with Crippen molar-refractivity contribution in [2.45, 2.75) is 24.5 Å². The van der Waals surface area contributed by atoms with Crippen molar-refractivity contribution < 1.29 is 14.4 Å². The summed E-state index contributed by atoms with van der Waals surface area (Å²) in [5.41, 5.74) is 2.79. The fourth-order valence-corrected chi connectivity index (χ4v) is 3.87. The highest BCUT2D eigenvalue weighted by molar-refractivity contribution is 7.98. The molecule has 22 heavy (non-hydrogen) atoms. The monoisotopic (exact) mass is 337 g/mol. The van der Waals surface area contributed by atoms with E-state index in [1.807, 2.05) is 30.5 Å². The van der Waals surface area contributed by atoms with E-state index < -0.39 is 11.9 Å². The van der Waals surface area contributed by atoms with Crippen molar-refractivity contribution in [3.05, 3.63) is 40.6 Å². The summed E-state index contributed by atoms with van der Waals surface area (Å²) in [6.45, 7) is 0. The molecule has 0 spiro atoms. The second-order valence-electron chi connectivity index (χ2n) is 5.42. The van der Waals surface area contributed by atoms with Crippen LogP contribution in [-0.2, 0) is 11.2 Å². The van der Waals surface area contributed by atoms with Crippen LogP contribution in [0, 0.1) is 5.92 Å². The lowest BCUT2D eigenvalue weighted by atomic mass is 10.0. The maximum atomic E-state index is 11.3. The van der Waals surface area contributed by atoms with Crippen molar-refractivity contribution >= 4 is 29.3 Å². The fourth-order valence-electron chi connectivity index (χ4n) is 2.90. The van der Waals surface area contributed by atoms with E-state index in [1.165, 1.54) is 0 Å². The minimum atomic E-state index is -0.767. The first-order chi connectivity index (χ1) is 10.6. The van der Waals surface area contributed by atoms with Gasteiger partial charge >= 0.3 is 5.97 Å². The Morgan fingerprint density at radius 3 is 2.73 bits per heavy atom. The number of carbonyl (C=O) groups is 1. The van der Waals surface area contributed by atoms with Crippen LogP contribution in [0.15, 0.2) is 28.8 Å². The third kappa shape index (κ3) is 2.88. The highest BCUT2D eigenvalue weighted by Crippen LogP contribution is 2.43. The van der Waals surface area contributed by atoms with Gasteiger partial charge in [-0.1, -0.05) is 28.9 Å². The molecule has 1 N–H and O–H groups in total. The van der Waals surface area contributed by atoms with Crippen LogP contribution < -0.4 is 0 Å². The van der Waals surface area contributed by atoms with Gasteiger partial charge in [-0.15, -0.1) is 0 Å². The van der Waals surface area contributed by atoms with Crippen LogP contribution in [0.2, 0.25) is 5.02 Å². The number of hydrogen-bond donors (Lipinski definition) is 1. The minimum Gasteiger partial charge on any atom is -0.481 e. The second-order valence-corrected chi connectivity index (χ2v) is 6.89. The van der Waals surface area contributed by atoms with Gasteiger partial charge in [-0.3, -0.25) is 4.79 Å². The smallest absolute Gasteiger partial charge is 0.306 e. The molecule has 0 aliphatic heterocycles. The Kier molecular flexibility index (Phi) is 4.45. The molecular formula is C16H16ClNO3S. The molecule has 3 rings (SSSR count). The molecular weight excluding hydrogens is 322 g/mol. The molecule has 1 aliphatic rings. The fraction of sp³-hybridized carbons (Fsp3) is 0.375. The average Bonchev–Trinajstić information content (AvgIpc) is 2.82. The third-order valence-corrected chi connectivity index (χ3v) is 5.38. The Balaban J connectivity index is 2.05. The Bertz CT molecular complexity index is 683. The highest BCUT2D eigenvalue weighted by Gasteiger charge is 2.33. The van der Waals surface area contributed by atoms with Crippen LogP contribution >= 0.6 is 23.4 Å². The number of aliphatic carboxylic acids is 1. The van der Waals surface area contributed by atoms with Crippen LogP contribution in [0.5, 0.6) is 0 Å². The standard InChI is InChI=1S/C16H16ClNO3S/c1-22-13-7-4-10(16(19)20)8-12-14(13)15(18-21-12)9-2-5-11(17)6-3-9/h2-3,5-6,10,13H,4,7-8H2,1H3,(H,19,20). The average molecular weight is 338 g/mol. The number of rotatable bonds is 3. The number of carboxylic acids is 1. The first-order valence-corrected chi connectivity index (χ1v) is 8.76. The van der Waals surface area contributed by atoms with Gasteiger partial charge in [-0.2, -0.15) is 11.8 Å². The number of thioether (sulfide) groups is 1. The van der Waals surface area contributed by atoms with Crippen molar-refractivity contribution in [1.82, 2.24) is 5.16 Å². The first-order valence-electron chi connectivity index (χ1n) is 7.10. The molecule has 0 radical (unpaired) electrons. The predicted molar refractivity (Wildman–Crippen MR) is 87.3 cm³/mol. The van der Waals surface area contributed by atoms with Crippen molar-refractivity contribution in [2.24, 2.45) is 5.92 Å². The number of benzene rings is 1. The Labute approximate surface area is 137 Å². The quantitative estimate of drug-likeness (QED) is 0.839. The summed E-state index contributed by atoms with van der Waals surface area (Å²) in [5.74, 6) is -0.465. The van der Waals surface area contributed by atoms with Crippen molar-refractivity contribution in [3.63, 3.8) is 0 Å². The number of aromatic nitrogens is 1. The summed E-state index contributed by atoms with van der Waals surface area (Å²) in [6, 6.07) is 7.47. The molecule has 0 bridgehead atoms. The number of nitrogens with zero attached hydrogens (tertiary/aromatic N) is 1. The van der Waals surface area contributed by atoms with Crippen LogP contribution in [0.4, 0.5) is 0 Å². The molecule has 6 heteroatoms. The van der Waals surface area contributed by atoms with E-state index in [1.54, 1.807) is 11.8 Å². The summed E-state index contributed by atoms with van der Waals surface area (Å²) >= 11 is 7.65. The van der Waals surface area contributed by atoms with Crippen LogP contribution in [-0.4, -0.2) is 22.5 Å². The summed E-state index contributed by atoms with van der Waals surface area (Å²) in [4.78, 5) is 11.3. The number of hydrogen-bond acceptors (Lipinski definition) is 4. The SMILES string of the molecule is CSC1CCC(C(=O)O)Cc2onc(-c3ccc(Cl)cc3)c21. The molecule has 116 valence electrons. The van der Waals surface area contributed by atoms with Crippen LogP contribution in [0.25, 0.3) is 11.3 Å². The van der Waals surface area contributed by atoms with Crippen LogP contribution in [0.3, 0.4) is 0 Å². The normalized spacial score (nSPS) is 21.2. The van der Waals surface area contributed by atoms with Gasteiger partial charge in [0, 0.05) is 27.8 Å². The molecule has 1 aromatic heterocycles. The van der Waals surface area contributed by atoms with E-state index in [9.17, 15) is 9.90 Å². The van der Waals surface area contributed by atoms with Gasteiger partial charge < -0.3 is 9.63 Å². The molecule has 1 aliphatic carbocycles. The van der Waals surface area contributed by atoms with Crippen molar-refractivity contribution in [3.8, 4) is 11.3 Å². The predicted octanol–water partition coefficient (Wildman–Crippen LogP) is 4.44. The lowest BCUT2D eigenvalue weighted by Crippen LogP contribution is -2.15. The lowest BCUT2D eigenvalue weighted by Gasteiger charge is -2.13. The van der Waals surface area contributed by atoms with E-state index in [2.05, 4.69) is 5.16 Å². The summed E-state index contributed by atoms with van der Waals surface area (Å²) < 4.78 is 5.50. The van der Waals surface area contributed by atoms with Gasteiger partial charge in [-0.25, -0.2) is 0 Å². The molecule has 0 saturated carbocycles. The number of fused-ring (bicyclic) bond motifs is 1. The zero-order chi connectivity index (χ0) is 15.7. The topological polar surface area (TPSA) is 63.3 Å². The number of carboxylic acid groups (broad SMARTS) is 1. The zero-order valence-corrected chi connectivity index (χ0v) is 13.7. The van der Waals surface area contributed by atoms with Gasteiger partial charge in [0.05, 0.1) is 5.92 Å². The molecule has 4 nitrogen and oxygen atoms in total. The first kappa shape index (κ1) is 15.4. The van der Waals surface area contributed by atoms with E-state index in [0.717, 1.165) is 23.2 Å². The molecule has 0 fully saturated rings.